The van der Waals surface area contributed by atoms with Gasteiger partial charge in [0.1, 0.15) is 15.8 Å². The second-order valence-corrected chi connectivity index (χ2v) is 6.74. The molecule has 0 bridgehead atoms. The summed E-state index contributed by atoms with van der Waals surface area (Å²) in [7, 11) is -4.02. The van der Waals surface area contributed by atoms with Gasteiger partial charge in [-0.2, -0.15) is 8.42 Å². The molecule has 0 radical (unpaired) electrons. The Kier molecular flexibility index (Phi) is 4.73. The molecular weight excluding hydrogens is 368 g/mol. The van der Waals surface area contributed by atoms with Gasteiger partial charge >= 0.3 is 10.1 Å². The molecule has 0 spiro atoms. The smallest absolute Gasteiger partial charge is 0.340 e. The van der Waals surface area contributed by atoms with Crippen LogP contribution < -0.4 is 9.50 Å². The average molecular weight is 379 g/mol. The fourth-order valence-electron chi connectivity index (χ4n) is 1.88. The highest BCUT2D eigenvalue weighted by atomic mass is 35.5. The summed E-state index contributed by atoms with van der Waals surface area (Å²) in [6, 6.07) is 11.6. The van der Waals surface area contributed by atoms with Crippen molar-refractivity contribution in [2.24, 2.45) is 0 Å². The molecule has 0 atom stereocenters. The van der Waals surface area contributed by atoms with Crippen LogP contribution in [0.4, 0.5) is 5.69 Å². The highest BCUT2D eigenvalue weighted by molar-refractivity contribution is 7.87. The van der Waals surface area contributed by atoms with Crippen LogP contribution in [0.1, 0.15) is 10.6 Å². The van der Waals surface area contributed by atoms with E-state index < -0.39 is 16.0 Å². The fourth-order valence-corrected chi connectivity index (χ4v) is 2.87. The van der Waals surface area contributed by atoms with Crippen molar-refractivity contribution in [2.45, 2.75) is 4.90 Å². The minimum Gasteiger partial charge on any atom is -0.459 e. The number of pyridine rings is 1. The summed E-state index contributed by atoms with van der Waals surface area (Å²) >= 11 is 5.63. The van der Waals surface area contributed by atoms with Crippen molar-refractivity contribution in [3.63, 3.8) is 0 Å². The van der Waals surface area contributed by atoms with Crippen LogP contribution in [0.2, 0.25) is 5.15 Å². The maximum atomic E-state index is 12.1. The number of amides is 1. The predicted molar refractivity (Wildman–Crippen MR) is 90.2 cm³/mol. The molecule has 1 aromatic carbocycles. The molecule has 7 nitrogen and oxygen atoms in total. The molecule has 25 heavy (non-hydrogen) atoms. The zero-order chi connectivity index (χ0) is 17.9. The Bertz CT molecular complexity index is 968. The van der Waals surface area contributed by atoms with Crippen LogP contribution in [0.15, 0.2) is 70.3 Å². The van der Waals surface area contributed by atoms with Crippen LogP contribution in [-0.2, 0) is 10.1 Å². The summed E-state index contributed by atoms with van der Waals surface area (Å²) in [5, 5.41) is 2.79. The van der Waals surface area contributed by atoms with Crippen molar-refractivity contribution in [3.05, 3.63) is 71.9 Å². The lowest BCUT2D eigenvalue weighted by molar-refractivity contribution is 0.0996. The maximum absolute atomic E-state index is 12.1. The largest absolute Gasteiger partial charge is 0.459 e. The summed E-state index contributed by atoms with van der Waals surface area (Å²) in [6.45, 7) is 0. The minimum atomic E-state index is -4.02. The summed E-state index contributed by atoms with van der Waals surface area (Å²) in [6.07, 6.45) is 2.50. The van der Waals surface area contributed by atoms with Gasteiger partial charge in [-0.05, 0) is 48.5 Å². The Morgan fingerprint density at radius 2 is 1.88 bits per heavy atom. The second-order valence-electron chi connectivity index (χ2n) is 4.81. The number of hydrogen-bond donors (Lipinski definition) is 1. The van der Waals surface area contributed by atoms with Gasteiger partial charge in [-0.3, -0.25) is 4.79 Å². The van der Waals surface area contributed by atoms with E-state index in [1.54, 1.807) is 6.07 Å². The highest BCUT2D eigenvalue weighted by Crippen LogP contribution is 2.21. The van der Waals surface area contributed by atoms with E-state index in [1.807, 2.05) is 0 Å². The first kappa shape index (κ1) is 17.0. The summed E-state index contributed by atoms with van der Waals surface area (Å²) < 4.78 is 34.3. The SMILES string of the molecule is O=C(Nc1ccc(OS(=O)(=O)c2ccc(Cl)nc2)cc1)c1ccco1. The molecule has 9 heteroatoms. The van der Waals surface area contributed by atoms with Crippen LogP contribution in [-0.4, -0.2) is 19.3 Å². The van der Waals surface area contributed by atoms with Crippen molar-refractivity contribution < 1.29 is 21.8 Å². The van der Waals surface area contributed by atoms with E-state index in [9.17, 15) is 13.2 Å². The maximum Gasteiger partial charge on any atom is 0.340 e. The number of halogens is 1. The van der Waals surface area contributed by atoms with Crippen LogP contribution in [0.25, 0.3) is 0 Å². The number of rotatable bonds is 5. The Labute approximate surface area is 148 Å². The number of anilines is 1. The predicted octanol–water partition coefficient (Wildman–Crippen LogP) is 3.35. The Hall–Kier alpha value is -2.84. The van der Waals surface area contributed by atoms with Crippen molar-refractivity contribution in [1.82, 2.24) is 4.98 Å². The first-order valence-electron chi connectivity index (χ1n) is 6.95. The van der Waals surface area contributed by atoms with Crippen molar-refractivity contribution in [2.75, 3.05) is 5.32 Å². The number of hydrogen-bond acceptors (Lipinski definition) is 6. The van der Waals surface area contributed by atoms with Crippen molar-refractivity contribution >= 4 is 33.3 Å². The van der Waals surface area contributed by atoms with E-state index in [0.717, 1.165) is 6.20 Å². The number of nitrogens with zero attached hydrogens (tertiary/aromatic N) is 1. The van der Waals surface area contributed by atoms with Crippen LogP contribution in [0, 0.1) is 0 Å². The summed E-state index contributed by atoms with van der Waals surface area (Å²) in [5.41, 5.74) is 0.458. The normalized spacial score (nSPS) is 11.1. The molecule has 2 aromatic heterocycles. The van der Waals surface area contributed by atoms with E-state index in [-0.39, 0.29) is 21.6 Å². The van der Waals surface area contributed by atoms with E-state index in [0.29, 0.717) is 5.69 Å². The van der Waals surface area contributed by atoms with Crippen molar-refractivity contribution in [3.8, 4) is 5.75 Å². The zero-order valence-corrected chi connectivity index (χ0v) is 14.1. The average Bonchev–Trinajstić information content (AvgIpc) is 3.11. The second kappa shape index (κ2) is 6.96. The Morgan fingerprint density at radius 3 is 2.48 bits per heavy atom. The van der Waals surface area contributed by atoms with Gasteiger partial charge in [0.05, 0.1) is 12.5 Å². The molecule has 0 aliphatic heterocycles. The molecule has 0 fully saturated rings. The van der Waals surface area contributed by atoms with Crippen LogP contribution in [0.5, 0.6) is 5.75 Å². The Morgan fingerprint density at radius 1 is 1.12 bits per heavy atom. The Balaban J connectivity index is 1.70. The van der Waals surface area contributed by atoms with Crippen molar-refractivity contribution in [1.29, 1.82) is 0 Å². The quantitative estimate of drug-likeness (QED) is 0.540. The molecule has 1 N–H and O–H groups in total. The molecule has 0 unspecified atom stereocenters. The lowest BCUT2D eigenvalue weighted by Gasteiger charge is -2.08. The number of carbonyl (C=O) groups excluding carboxylic acids is 1. The molecule has 0 aliphatic carbocycles. The van der Waals surface area contributed by atoms with E-state index in [1.165, 1.54) is 48.7 Å². The third kappa shape index (κ3) is 4.17. The monoisotopic (exact) mass is 378 g/mol. The van der Waals surface area contributed by atoms with Gasteiger partial charge in [-0.15, -0.1) is 0 Å². The zero-order valence-electron chi connectivity index (χ0n) is 12.5. The third-order valence-corrected chi connectivity index (χ3v) is 4.51. The minimum absolute atomic E-state index is 0.0888. The number of furan rings is 1. The molecule has 0 aliphatic rings. The summed E-state index contributed by atoms with van der Waals surface area (Å²) in [5.74, 6) is -0.164. The first-order valence-corrected chi connectivity index (χ1v) is 8.74. The topological polar surface area (TPSA) is 98.5 Å². The number of carbonyl (C=O) groups is 1. The van der Waals surface area contributed by atoms with E-state index >= 15 is 0 Å². The van der Waals surface area contributed by atoms with E-state index in [4.69, 9.17) is 20.2 Å². The van der Waals surface area contributed by atoms with Gasteiger partial charge in [0.25, 0.3) is 5.91 Å². The third-order valence-electron chi connectivity index (χ3n) is 3.05. The number of aromatic nitrogens is 1. The van der Waals surface area contributed by atoms with Gasteiger partial charge in [0.2, 0.25) is 0 Å². The summed E-state index contributed by atoms with van der Waals surface area (Å²) in [4.78, 5) is 15.4. The molecule has 3 aromatic rings. The first-order chi connectivity index (χ1) is 11.9. The number of benzene rings is 1. The molecule has 0 saturated carbocycles. The molecule has 3 rings (SSSR count). The van der Waals surface area contributed by atoms with Crippen LogP contribution >= 0.6 is 11.6 Å². The van der Waals surface area contributed by atoms with Crippen LogP contribution in [0.3, 0.4) is 0 Å². The van der Waals surface area contributed by atoms with Gasteiger partial charge in [-0.25, -0.2) is 4.98 Å². The molecule has 0 saturated heterocycles. The molecular formula is C16H11ClN2O5S. The van der Waals surface area contributed by atoms with Gasteiger partial charge < -0.3 is 13.9 Å². The highest BCUT2D eigenvalue weighted by Gasteiger charge is 2.17. The lowest BCUT2D eigenvalue weighted by Crippen LogP contribution is -2.11. The number of nitrogens with one attached hydrogen (secondary N) is 1. The standard InChI is InChI=1S/C16H11ClN2O5S/c17-15-8-7-13(10-18-15)25(21,22)24-12-5-3-11(4-6-12)19-16(20)14-2-1-9-23-14/h1-10H,(H,19,20). The van der Waals surface area contributed by atoms with Gasteiger partial charge in [-0.1, -0.05) is 11.6 Å². The lowest BCUT2D eigenvalue weighted by atomic mass is 10.3. The van der Waals surface area contributed by atoms with E-state index in [2.05, 4.69) is 10.3 Å². The van der Waals surface area contributed by atoms with Gasteiger partial charge in [0, 0.05) is 5.69 Å². The molecule has 2 heterocycles. The molecule has 1 amide bonds. The van der Waals surface area contributed by atoms with Gasteiger partial charge in [0.15, 0.2) is 5.76 Å². The fraction of sp³-hybridized carbons (Fsp3) is 0. The molecule has 128 valence electrons.